The van der Waals surface area contributed by atoms with E-state index in [0.29, 0.717) is 20.7 Å². The lowest BCUT2D eigenvalue weighted by atomic mass is 10.3. The molecule has 0 fully saturated rings. The minimum absolute atomic E-state index is 0.231. The fourth-order valence-corrected chi connectivity index (χ4v) is 4.01. The van der Waals surface area contributed by atoms with Crippen LogP contribution < -0.4 is 11.1 Å². The minimum Gasteiger partial charge on any atom is -0.366 e. The van der Waals surface area contributed by atoms with Crippen LogP contribution in [-0.2, 0) is 4.79 Å². The number of anilines is 1. The number of amides is 2. The summed E-state index contributed by atoms with van der Waals surface area (Å²) in [6.45, 7) is 1.78. The maximum absolute atomic E-state index is 12.5. The average Bonchev–Trinajstić information content (AvgIpc) is 3.25. The van der Waals surface area contributed by atoms with E-state index in [1.807, 2.05) is 22.9 Å². The highest BCUT2D eigenvalue weighted by Gasteiger charge is 2.20. The minimum atomic E-state index is -0.569. The van der Waals surface area contributed by atoms with Crippen molar-refractivity contribution in [2.45, 2.75) is 17.3 Å². The van der Waals surface area contributed by atoms with Crippen LogP contribution in [0.25, 0.3) is 5.69 Å². The second kappa shape index (κ2) is 7.94. The third-order valence-corrected chi connectivity index (χ3v) is 5.69. The van der Waals surface area contributed by atoms with Gasteiger partial charge in [-0.2, -0.15) is 0 Å². The summed E-state index contributed by atoms with van der Waals surface area (Å²) in [7, 11) is 0. The summed E-state index contributed by atoms with van der Waals surface area (Å²) < 4.78 is 1.88. The predicted molar refractivity (Wildman–Crippen MR) is 105 cm³/mol. The lowest BCUT2D eigenvalue weighted by Crippen LogP contribution is -2.24. The zero-order valence-corrected chi connectivity index (χ0v) is 16.1. The smallest absolute Gasteiger partial charge is 0.251 e. The monoisotopic (exact) mass is 406 g/mol. The van der Waals surface area contributed by atoms with Crippen molar-refractivity contribution in [3.63, 3.8) is 0 Å². The third kappa shape index (κ3) is 4.09. The first kappa shape index (κ1) is 18.5. The summed E-state index contributed by atoms with van der Waals surface area (Å²) in [5, 5.41) is 5.82. The van der Waals surface area contributed by atoms with Crippen LogP contribution in [0.2, 0.25) is 5.02 Å². The van der Waals surface area contributed by atoms with Gasteiger partial charge in [-0.25, -0.2) is 4.98 Å². The van der Waals surface area contributed by atoms with Crippen LogP contribution in [0.1, 0.15) is 17.3 Å². The molecule has 3 rings (SSSR count). The van der Waals surface area contributed by atoms with Crippen molar-refractivity contribution >= 4 is 51.5 Å². The number of nitrogens with one attached hydrogen (secondary N) is 1. The van der Waals surface area contributed by atoms with Crippen LogP contribution in [0, 0.1) is 0 Å². The quantitative estimate of drug-likeness (QED) is 0.609. The Hall–Kier alpha value is -2.29. The first-order valence-electron chi connectivity index (χ1n) is 7.60. The molecule has 134 valence electrons. The number of hydrogen-bond donors (Lipinski definition) is 2. The Bertz CT molecular complexity index is 936. The molecule has 0 spiro atoms. The molecule has 0 radical (unpaired) electrons. The molecular formula is C17H15ClN4O2S2. The van der Waals surface area contributed by atoms with Crippen molar-refractivity contribution in [2.75, 3.05) is 5.32 Å². The van der Waals surface area contributed by atoms with Gasteiger partial charge in [0.05, 0.1) is 10.8 Å². The molecular weight excluding hydrogens is 392 g/mol. The topological polar surface area (TPSA) is 90.0 Å². The maximum atomic E-state index is 12.5. The first-order chi connectivity index (χ1) is 12.5. The molecule has 3 aromatic rings. The molecule has 26 heavy (non-hydrogen) atoms. The zero-order chi connectivity index (χ0) is 18.7. The Balaban J connectivity index is 1.72. The van der Waals surface area contributed by atoms with Gasteiger partial charge in [0.1, 0.15) is 5.00 Å². The molecule has 0 saturated heterocycles. The van der Waals surface area contributed by atoms with Crippen molar-refractivity contribution in [1.29, 1.82) is 0 Å². The van der Waals surface area contributed by atoms with Crippen molar-refractivity contribution in [3.8, 4) is 5.69 Å². The SMILES string of the molecule is C[C@H](Sc1nccn1-c1ccc(Cl)cc1)C(=O)Nc1sccc1C(N)=O. The van der Waals surface area contributed by atoms with Crippen LogP contribution in [0.15, 0.2) is 53.3 Å². The number of nitrogens with two attached hydrogens (primary N) is 1. The van der Waals surface area contributed by atoms with Gasteiger partial charge >= 0.3 is 0 Å². The van der Waals surface area contributed by atoms with E-state index in [0.717, 1.165) is 5.69 Å². The largest absolute Gasteiger partial charge is 0.366 e. The molecule has 0 aliphatic carbocycles. The number of benzene rings is 1. The average molecular weight is 407 g/mol. The van der Waals surface area contributed by atoms with E-state index in [-0.39, 0.29) is 5.91 Å². The molecule has 1 atom stereocenters. The number of nitrogens with zero attached hydrogens (tertiary/aromatic N) is 2. The van der Waals surface area contributed by atoms with Gasteiger partial charge in [-0.05, 0) is 42.6 Å². The third-order valence-electron chi connectivity index (χ3n) is 3.53. The van der Waals surface area contributed by atoms with E-state index in [1.165, 1.54) is 23.1 Å². The molecule has 0 saturated carbocycles. The molecule has 0 aliphatic rings. The summed E-state index contributed by atoms with van der Waals surface area (Å²) in [6.07, 6.45) is 3.49. The lowest BCUT2D eigenvalue weighted by molar-refractivity contribution is -0.115. The van der Waals surface area contributed by atoms with Gasteiger partial charge in [0.15, 0.2) is 5.16 Å². The van der Waals surface area contributed by atoms with Gasteiger partial charge in [-0.3, -0.25) is 14.2 Å². The number of imidazole rings is 1. The number of aromatic nitrogens is 2. The van der Waals surface area contributed by atoms with Gasteiger partial charge in [0.2, 0.25) is 5.91 Å². The summed E-state index contributed by atoms with van der Waals surface area (Å²) in [4.78, 5) is 28.2. The van der Waals surface area contributed by atoms with Crippen molar-refractivity contribution < 1.29 is 9.59 Å². The molecule has 2 amide bonds. The standard InChI is InChI=1S/C17H15ClN4O2S2/c1-10(15(24)21-16-13(14(19)23)6-9-25-16)26-17-20-7-8-22(17)12-4-2-11(18)3-5-12/h2-10H,1H3,(H2,19,23)(H,21,24)/t10-/m0/s1. The van der Waals surface area contributed by atoms with Gasteiger partial charge in [-0.15, -0.1) is 11.3 Å². The van der Waals surface area contributed by atoms with E-state index < -0.39 is 11.2 Å². The summed E-state index contributed by atoms with van der Waals surface area (Å²) >= 11 is 8.50. The Labute approximate surface area is 163 Å². The highest BCUT2D eigenvalue weighted by atomic mass is 35.5. The number of primary amides is 1. The van der Waals surface area contributed by atoms with Crippen molar-refractivity contribution in [1.82, 2.24) is 9.55 Å². The first-order valence-corrected chi connectivity index (χ1v) is 9.73. The maximum Gasteiger partial charge on any atom is 0.251 e. The highest BCUT2D eigenvalue weighted by molar-refractivity contribution is 8.00. The molecule has 0 bridgehead atoms. The molecule has 2 heterocycles. The van der Waals surface area contributed by atoms with E-state index in [2.05, 4.69) is 10.3 Å². The summed E-state index contributed by atoms with van der Waals surface area (Å²) in [5.41, 5.74) is 6.51. The highest BCUT2D eigenvalue weighted by Crippen LogP contribution is 2.28. The molecule has 3 N–H and O–H groups in total. The zero-order valence-electron chi connectivity index (χ0n) is 13.7. The molecule has 0 unspecified atom stereocenters. The number of rotatable bonds is 6. The Morgan fingerprint density at radius 2 is 2.04 bits per heavy atom. The van der Waals surface area contributed by atoms with Crippen LogP contribution in [-0.4, -0.2) is 26.6 Å². The Morgan fingerprint density at radius 3 is 2.73 bits per heavy atom. The number of thioether (sulfide) groups is 1. The van der Waals surface area contributed by atoms with E-state index in [1.54, 1.807) is 36.7 Å². The van der Waals surface area contributed by atoms with Crippen LogP contribution >= 0.6 is 34.7 Å². The van der Waals surface area contributed by atoms with Gasteiger partial charge in [-0.1, -0.05) is 23.4 Å². The number of carbonyl (C=O) groups excluding carboxylic acids is 2. The summed E-state index contributed by atoms with van der Waals surface area (Å²) in [5.74, 6) is -0.800. The molecule has 2 aromatic heterocycles. The fourth-order valence-electron chi connectivity index (χ4n) is 2.20. The lowest BCUT2D eigenvalue weighted by Gasteiger charge is -2.13. The molecule has 6 nitrogen and oxygen atoms in total. The van der Waals surface area contributed by atoms with Gasteiger partial charge in [0, 0.05) is 23.1 Å². The van der Waals surface area contributed by atoms with Crippen LogP contribution in [0.3, 0.4) is 0 Å². The number of carbonyl (C=O) groups is 2. The van der Waals surface area contributed by atoms with E-state index in [9.17, 15) is 9.59 Å². The summed E-state index contributed by atoms with van der Waals surface area (Å²) in [6, 6.07) is 8.94. The Morgan fingerprint density at radius 1 is 1.31 bits per heavy atom. The Kier molecular flexibility index (Phi) is 5.65. The second-order valence-electron chi connectivity index (χ2n) is 5.33. The van der Waals surface area contributed by atoms with Gasteiger partial charge < -0.3 is 11.1 Å². The fraction of sp³-hybridized carbons (Fsp3) is 0.118. The second-order valence-corrected chi connectivity index (χ2v) is 7.99. The number of halogens is 1. The molecule has 0 aliphatic heterocycles. The van der Waals surface area contributed by atoms with E-state index >= 15 is 0 Å². The van der Waals surface area contributed by atoms with Crippen molar-refractivity contribution in [3.05, 3.63) is 58.7 Å². The normalized spacial score (nSPS) is 11.9. The molecule has 9 heteroatoms. The predicted octanol–water partition coefficient (Wildman–Crippen LogP) is 3.81. The van der Waals surface area contributed by atoms with Crippen molar-refractivity contribution in [2.24, 2.45) is 5.73 Å². The molecule has 1 aromatic carbocycles. The van der Waals surface area contributed by atoms with E-state index in [4.69, 9.17) is 17.3 Å². The number of thiophene rings is 1. The van der Waals surface area contributed by atoms with Crippen LogP contribution in [0.4, 0.5) is 5.00 Å². The van der Waals surface area contributed by atoms with Crippen LogP contribution in [0.5, 0.6) is 0 Å². The van der Waals surface area contributed by atoms with Gasteiger partial charge in [0.25, 0.3) is 5.91 Å². The number of hydrogen-bond acceptors (Lipinski definition) is 5.